The molecule has 3 aliphatic rings. The van der Waals surface area contributed by atoms with Crippen molar-refractivity contribution in [1.82, 2.24) is 5.32 Å². The number of rotatable bonds is 0. The van der Waals surface area contributed by atoms with E-state index in [1.54, 1.807) is 0 Å². The zero-order valence-corrected chi connectivity index (χ0v) is 8.52. The lowest BCUT2D eigenvalue weighted by Crippen LogP contribution is -2.41. The molecular weight excluding hydrogens is 158 g/mol. The molecule has 1 saturated heterocycles. The van der Waals surface area contributed by atoms with Gasteiger partial charge in [-0.2, -0.15) is 0 Å². The Kier molecular flexibility index (Phi) is 1.90. The molecule has 1 aliphatic heterocycles. The van der Waals surface area contributed by atoms with E-state index in [2.05, 4.69) is 5.32 Å². The Bertz CT molecular complexity index is 177. The largest absolute Gasteiger partial charge is 0.308 e. The molecule has 3 rings (SSSR count). The Morgan fingerprint density at radius 1 is 0.923 bits per heavy atom. The minimum atomic E-state index is 0.625. The van der Waals surface area contributed by atoms with Gasteiger partial charge in [0.15, 0.2) is 0 Å². The lowest BCUT2D eigenvalue weighted by Gasteiger charge is -2.25. The second-order valence-electron chi connectivity index (χ2n) is 5.49. The van der Waals surface area contributed by atoms with Gasteiger partial charge in [-0.25, -0.2) is 0 Å². The van der Waals surface area contributed by atoms with Gasteiger partial charge >= 0.3 is 0 Å². The van der Waals surface area contributed by atoms with Gasteiger partial charge in [0.25, 0.3) is 0 Å². The molecule has 2 atom stereocenters. The number of hydrogen-bond acceptors (Lipinski definition) is 1. The van der Waals surface area contributed by atoms with E-state index in [1.807, 2.05) is 0 Å². The summed E-state index contributed by atoms with van der Waals surface area (Å²) in [6.45, 7) is 0. The van der Waals surface area contributed by atoms with Crippen LogP contribution in [0.1, 0.15) is 57.8 Å². The Hall–Kier alpha value is -0.0400. The molecule has 0 bridgehead atoms. The van der Waals surface area contributed by atoms with Crippen molar-refractivity contribution in [3.05, 3.63) is 0 Å². The fourth-order valence-electron chi connectivity index (χ4n) is 4.00. The van der Waals surface area contributed by atoms with E-state index >= 15 is 0 Å². The highest BCUT2D eigenvalue weighted by molar-refractivity contribution is 5.05. The monoisotopic (exact) mass is 179 g/mol. The third kappa shape index (κ3) is 1.32. The minimum Gasteiger partial charge on any atom is -0.308 e. The standard InChI is InChI=1S/C12H21N/c1-2-6-11-10(5-1)9-12(13-11)7-3-4-8-12/h10-11,13H,1-9H2. The smallest absolute Gasteiger partial charge is 0.0187 e. The molecule has 3 fully saturated rings. The first kappa shape index (κ1) is 8.28. The maximum Gasteiger partial charge on any atom is 0.0187 e. The van der Waals surface area contributed by atoms with Gasteiger partial charge in [0.05, 0.1) is 0 Å². The quantitative estimate of drug-likeness (QED) is 0.603. The van der Waals surface area contributed by atoms with Crippen LogP contribution in [0.3, 0.4) is 0 Å². The van der Waals surface area contributed by atoms with Crippen molar-refractivity contribution in [3.8, 4) is 0 Å². The van der Waals surface area contributed by atoms with Gasteiger partial charge in [-0.15, -0.1) is 0 Å². The normalized spacial score (nSPS) is 42.5. The van der Waals surface area contributed by atoms with Crippen LogP contribution < -0.4 is 5.32 Å². The number of fused-ring (bicyclic) bond motifs is 1. The molecule has 0 aromatic rings. The fraction of sp³-hybridized carbons (Fsp3) is 1.00. The van der Waals surface area contributed by atoms with Crippen LogP contribution in [-0.4, -0.2) is 11.6 Å². The van der Waals surface area contributed by atoms with Crippen molar-refractivity contribution in [3.63, 3.8) is 0 Å². The summed E-state index contributed by atoms with van der Waals surface area (Å²) in [7, 11) is 0. The highest BCUT2D eigenvalue weighted by atomic mass is 15.1. The maximum absolute atomic E-state index is 3.97. The van der Waals surface area contributed by atoms with Crippen LogP contribution >= 0.6 is 0 Å². The molecule has 2 saturated carbocycles. The molecule has 1 spiro atoms. The Labute approximate surface area is 81.3 Å². The summed E-state index contributed by atoms with van der Waals surface area (Å²) in [5.41, 5.74) is 0.625. The van der Waals surface area contributed by atoms with E-state index in [0.29, 0.717) is 5.54 Å². The van der Waals surface area contributed by atoms with Crippen molar-refractivity contribution in [2.24, 2.45) is 5.92 Å². The average molecular weight is 179 g/mol. The second-order valence-corrected chi connectivity index (χ2v) is 5.49. The lowest BCUT2D eigenvalue weighted by molar-refractivity contribution is 0.324. The number of hydrogen-bond donors (Lipinski definition) is 1. The molecule has 1 N–H and O–H groups in total. The highest BCUT2D eigenvalue weighted by Gasteiger charge is 2.46. The topological polar surface area (TPSA) is 12.0 Å². The van der Waals surface area contributed by atoms with E-state index in [4.69, 9.17) is 0 Å². The van der Waals surface area contributed by atoms with Gasteiger partial charge in [-0.05, 0) is 38.0 Å². The Morgan fingerprint density at radius 2 is 1.69 bits per heavy atom. The predicted molar refractivity (Wildman–Crippen MR) is 54.7 cm³/mol. The summed E-state index contributed by atoms with van der Waals surface area (Å²) in [6, 6.07) is 0.909. The molecule has 13 heavy (non-hydrogen) atoms. The van der Waals surface area contributed by atoms with Crippen LogP contribution in [0.4, 0.5) is 0 Å². The van der Waals surface area contributed by atoms with Crippen molar-refractivity contribution >= 4 is 0 Å². The molecule has 1 heteroatoms. The highest BCUT2D eigenvalue weighted by Crippen LogP contribution is 2.45. The second kappa shape index (κ2) is 2.98. The molecule has 0 aromatic carbocycles. The molecule has 1 nitrogen and oxygen atoms in total. The van der Waals surface area contributed by atoms with E-state index in [-0.39, 0.29) is 0 Å². The first-order valence-electron chi connectivity index (χ1n) is 6.16. The van der Waals surface area contributed by atoms with Crippen molar-refractivity contribution in [2.75, 3.05) is 0 Å². The third-order valence-electron chi connectivity index (χ3n) is 4.61. The van der Waals surface area contributed by atoms with Crippen LogP contribution in [0.25, 0.3) is 0 Å². The molecule has 0 amide bonds. The molecular formula is C12H21N. The van der Waals surface area contributed by atoms with Crippen molar-refractivity contribution < 1.29 is 0 Å². The van der Waals surface area contributed by atoms with Crippen LogP contribution in [0, 0.1) is 5.92 Å². The van der Waals surface area contributed by atoms with Gasteiger partial charge in [-0.1, -0.05) is 25.7 Å². The van der Waals surface area contributed by atoms with Crippen LogP contribution in [0.2, 0.25) is 0 Å². The van der Waals surface area contributed by atoms with Gasteiger partial charge in [0, 0.05) is 11.6 Å². The minimum absolute atomic E-state index is 0.625. The summed E-state index contributed by atoms with van der Waals surface area (Å²) in [5.74, 6) is 1.05. The Morgan fingerprint density at radius 3 is 2.46 bits per heavy atom. The zero-order valence-electron chi connectivity index (χ0n) is 8.52. The van der Waals surface area contributed by atoms with Gasteiger partial charge < -0.3 is 5.32 Å². The van der Waals surface area contributed by atoms with Gasteiger partial charge in [0.2, 0.25) is 0 Å². The van der Waals surface area contributed by atoms with Crippen LogP contribution in [-0.2, 0) is 0 Å². The van der Waals surface area contributed by atoms with Crippen molar-refractivity contribution in [1.29, 1.82) is 0 Å². The summed E-state index contributed by atoms with van der Waals surface area (Å²) < 4.78 is 0. The number of nitrogens with one attached hydrogen (secondary N) is 1. The lowest BCUT2D eigenvalue weighted by atomic mass is 9.82. The van der Waals surface area contributed by atoms with Gasteiger partial charge in [0.1, 0.15) is 0 Å². The van der Waals surface area contributed by atoms with E-state index in [0.717, 1.165) is 12.0 Å². The molecule has 2 aliphatic carbocycles. The van der Waals surface area contributed by atoms with E-state index < -0.39 is 0 Å². The Balaban J connectivity index is 1.74. The molecule has 2 unspecified atom stereocenters. The summed E-state index contributed by atoms with van der Waals surface area (Å²) in [5, 5.41) is 3.97. The molecule has 0 aromatic heterocycles. The SMILES string of the molecule is C1CCC2NC3(CCCC3)CC2C1. The van der Waals surface area contributed by atoms with Crippen molar-refractivity contribution in [2.45, 2.75) is 69.4 Å². The fourth-order valence-corrected chi connectivity index (χ4v) is 4.00. The molecule has 1 heterocycles. The van der Waals surface area contributed by atoms with Crippen LogP contribution in [0.15, 0.2) is 0 Å². The zero-order chi connectivity index (χ0) is 8.73. The van der Waals surface area contributed by atoms with E-state index in [9.17, 15) is 0 Å². The summed E-state index contributed by atoms with van der Waals surface area (Å²) >= 11 is 0. The summed E-state index contributed by atoms with van der Waals surface area (Å²) in [4.78, 5) is 0. The van der Waals surface area contributed by atoms with Gasteiger partial charge in [-0.3, -0.25) is 0 Å². The van der Waals surface area contributed by atoms with Crippen LogP contribution in [0.5, 0.6) is 0 Å². The first-order chi connectivity index (χ1) is 6.38. The molecule has 0 radical (unpaired) electrons. The maximum atomic E-state index is 3.97. The summed E-state index contributed by atoms with van der Waals surface area (Å²) in [6.07, 6.45) is 13.4. The van der Waals surface area contributed by atoms with E-state index in [1.165, 1.54) is 57.8 Å². The predicted octanol–water partition coefficient (Wildman–Crippen LogP) is 2.85. The molecule has 74 valence electrons. The average Bonchev–Trinajstić information content (AvgIpc) is 2.72. The first-order valence-corrected chi connectivity index (χ1v) is 6.16. The third-order valence-corrected chi connectivity index (χ3v) is 4.61.